The fourth-order valence-electron chi connectivity index (χ4n) is 3.57. The second-order valence-corrected chi connectivity index (χ2v) is 8.13. The maximum atomic E-state index is 13.0. The van der Waals surface area contributed by atoms with Crippen LogP contribution in [-0.4, -0.2) is 35.1 Å². The van der Waals surface area contributed by atoms with E-state index >= 15 is 0 Å². The van der Waals surface area contributed by atoms with E-state index in [1.54, 1.807) is 13.8 Å². The van der Waals surface area contributed by atoms with Gasteiger partial charge in [-0.05, 0) is 24.7 Å². The van der Waals surface area contributed by atoms with Gasteiger partial charge in [0.1, 0.15) is 0 Å². The first-order valence-corrected chi connectivity index (χ1v) is 8.41. The van der Waals surface area contributed by atoms with Crippen molar-refractivity contribution in [2.45, 2.75) is 63.5 Å². The number of nitrogens with one attached hydrogen (secondary N) is 1. The molecule has 0 spiro atoms. The lowest BCUT2D eigenvalue weighted by molar-refractivity contribution is -0.183. The van der Waals surface area contributed by atoms with Crippen LogP contribution in [0.4, 0.5) is 13.2 Å². The second-order valence-electron chi connectivity index (χ2n) is 7.57. The predicted octanol–water partition coefficient (Wildman–Crippen LogP) is 3.02. The minimum absolute atomic E-state index is 0.108. The summed E-state index contributed by atoms with van der Waals surface area (Å²) < 4.78 is 38.9. The summed E-state index contributed by atoms with van der Waals surface area (Å²) in [5, 5.41) is 1.44. The summed E-state index contributed by atoms with van der Waals surface area (Å²) in [6.45, 7) is 3.54. The van der Waals surface area contributed by atoms with Crippen molar-refractivity contribution in [3.05, 3.63) is 0 Å². The van der Waals surface area contributed by atoms with Gasteiger partial charge in [-0.15, -0.1) is 11.6 Å². The Morgan fingerprint density at radius 1 is 1.17 bits per heavy atom. The van der Waals surface area contributed by atoms with E-state index in [0.717, 1.165) is 0 Å². The van der Waals surface area contributed by atoms with E-state index in [1.807, 2.05) is 0 Å². The zero-order valence-electron chi connectivity index (χ0n) is 13.6. The number of amides is 1. The van der Waals surface area contributed by atoms with E-state index in [2.05, 4.69) is 5.32 Å². The number of rotatable bonds is 2. The fraction of sp³-hybridized carbons (Fsp3) is 0.812. The van der Waals surface area contributed by atoms with Crippen molar-refractivity contribution in [1.82, 2.24) is 5.32 Å². The summed E-state index contributed by atoms with van der Waals surface area (Å²) in [6.07, 6.45) is -4.13. The van der Waals surface area contributed by atoms with Crippen molar-refractivity contribution in [3.63, 3.8) is 0 Å². The van der Waals surface area contributed by atoms with Crippen LogP contribution in [0.15, 0.2) is 0 Å². The van der Waals surface area contributed by atoms with Crippen molar-refractivity contribution >= 4 is 29.1 Å². The quantitative estimate of drug-likeness (QED) is 0.602. The third kappa shape index (κ3) is 4.29. The Labute approximate surface area is 143 Å². The number of hydrogen-bond donors (Lipinski definition) is 1. The average molecular weight is 368 g/mol. The van der Waals surface area contributed by atoms with Crippen LogP contribution in [0.5, 0.6) is 0 Å². The molecule has 2 aliphatic rings. The molecule has 3 atom stereocenters. The third-order valence-electron chi connectivity index (χ3n) is 4.74. The summed E-state index contributed by atoms with van der Waals surface area (Å²) in [4.78, 5) is 36.5. The van der Waals surface area contributed by atoms with Crippen molar-refractivity contribution in [2.75, 3.05) is 0 Å². The highest BCUT2D eigenvalue weighted by atomic mass is 35.5. The molecular formula is C16H21ClF3NO3. The number of hydrogen-bond acceptors (Lipinski definition) is 3. The molecule has 3 unspecified atom stereocenters. The lowest BCUT2D eigenvalue weighted by Gasteiger charge is -2.36. The van der Waals surface area contributed by atoms with Gasteiger partial charge in [-0.3, -0.25) is 14.4 Å². The number of Topliss-reactive ketones (excluding diaryl/α,β-unsaturated/α-hetero) is 2. The predicted molar refractivity (Wildman–Crippen MR) is 81.5 cm³/mol. The topological polar surface area (TPSA) is 63.2 Å². The molecule has 2 aliphatic carbocycles. The first-order valence-electron chi connectivity index (χ1n) is 7.97. The smallest absolute Gasteiger partial charge is 0.352 e. The van der Waals surface area contributed by atoms with Gasteiger partial charge in [0.25, 0.3) is 0 Å². The summed E-state index contributed by atoms with van der Waals surface area (Å²) in [7, 11) is 0. The molecule has 2 saturated carbocycles. The maximum absolute atomic E-state index is 13.0. The number of ketones is 2. The van der Waals surface area contributed by atoms with Crippen LogP contribution in [-0.2, 0) is 14.4 Å². The molecule has 0 aromatic rings. The first kappa shape index (κ1) is 19.2. The van der Waals surface area contributed by atoms with Gasteiger partial charge < -0.3 is 5.32 Å². The highest BCUT2D eigenvalue weighted by molar-refractivity contribution is 6.21. The largest absolute Gasteiger partial charge is 0.393 e. The zero-order valence-corrected chi connectivity index (χ0v) is 14.3. The molecule has 0 bridgehead atoms. The standard InChI is InChI=1S/C16H21ClF3NO3/c1-15(2)6-11(22)13(12(23)7-15)14(24)21-8-3-4-10(17)9(5-8)16(18,19)20/h8-10,13H,3-7H2,1-2H3,(H,21,24). The van der Waals surface area contributed by atoms with E-state index in [0.29, 0.717) is 6.42 Å². The van der Waals surface area contributed by atoms with Gasteiger partial charge in [0.15, 0.2) is 17.5 Å². The van der Waals surface area contributed by atoms with Crippen LogP contribution in [0.25, 0.3) is 0 Å². The molecule has 0 saturated heterocycles. The molecule has 1 N–H and O–H groups in total. The molecule has 0 aliphatic heterocycles. The van der Waals surface area contributed by atoms with Gasteiger partial charge in [0.05, 0.1) is 5.92 Å². The average Bonchev–Trinajstić information content (AvgIpc) is 2.37. The van der Waals surface area contributed by atoms with Crippen LogP contribution < -0.4 is 5.32 Å². The Kier molecular flexibility index (Phi) is 5.33. The Balaban J connectivity index is 2.02. The molecule has 8 heteroatoms. The number of carbonyl (C=O) groups is 3. The number of halogens is 4. The molecule has 0 aromatic carbocycles. The Hall–Kier alpha value is -1.11. The molecule has 136 valence electrons. The van der Waals surface area contributed by atoms with E-state index in [-0.39, 0.29) is 25.7 Å². The minimum Gasteiger partial charge on any atom is -0.352 e. The Morgan fingerprint density at radius 2 is 1.71 bits per heavy atom. The van der Waals surface area contributed by atoms with Crippen LogP contribution in [0.2, 0.25) is 0 Å². The Bertz CT molecular complexity index is 527. The molecule has 0 heterocycles. The Morgan fingerprint density at radius 3 is 2.21 bits per heavy atom. The molecular weight excluding hydrogens is 347 g/mol. The minimum atomic E-state index is -4.43. The van der Waals surface area contributed by atoms with Crippen molar-refractivity contribution in [3.8, 4) is 0 Å². The van der Waals surface area contributed by atoms with Crippen molar-refractivity contribution in [1.29, 1.82) is 0 Å². The van der Waals surface area contributed by atoms with E-state index in [1.165, 1.54) is 0 Å². The van der Waals surface area contributed by atoms with Gasteiger partial charge in [-0.2, -0.15) is 13.2 Å². The van der Waals surface area contributed by atoms with Crippen LogP contribution in [0.3, 0.4) is 0 Å². The molecule has 2 rings (SSSR count). The van der Waals surface area contributed by atoms with E-state index < -0.39 is 52.3 Å². The molecule has 0 radical (unpaired) electrons. The van der Waals surface area contributed by atoms with Gasteiger partial charge in [0, 0.05) is 24.3 Å². The lowest BCUT2D eigenvalue weighted by Crippen LogP contribution is -2.51. The summed E-state index contributed by atoms with van der Waals surface area (Å²) in [6, 6.07) is -0.727. The first-order chi connectivity index (χ1) is 10.9. The summed E-state index contributed by atoms with van der Waals surface area (Å²) >= 11 is 5.75. The molecule has 4 nitrogen and oxygen atoms in total. The highest BCUT2D eigenvalue weighted by Crippen LogP contribution is 2.40. The lowest BCUT2D eigenvalue weighted by atomic mass is 9.71. The normalized spacial score (nSPS) is 31.8. The highest BCUT2D eigenvalue weighted by Gasteiger charge is 2.48. The zero-order chi connectivity index (χ0) is 18.3. The van der Waals surface area contributed by atoms with Gasteiger partial charge in [-0.1, -0.05) is 13.8 Å². The van der Waals surface area contributed by atoms with E-state index in [9.17, 15) is 27.6 Å². The summed E-state index contributed by atoms with van der Waals surface area (Å²) in [5.41, 5.74) is -0.483. The fourth-order valence-corrected chi connectivity index (χ4v) is 3.94. The maximum Gasteiger partial charge on any atom is 0.393 e. The molecule has 0 aromatic heterocycles. The molecule has 24 heavy (non-hydrogen) atoms. The van der Waals surface area contributed by atoms with Crippen molar-refractivity contribution < 1.29 is 27.6 Å². The van der Waals surface area contributed by atoms with Crippen LogP contribution in [0.1, 0.15) is 46.0 Å². The molecule has 1 amide bonds. The van der Waals surface area contributed by atoms with Crippen molar-refractivity contribution in [2.24, 2.45) is 17.3 Å². The van der Waals surface area contributed by atoms with Gasteiger partial charge >= 0.3 is 6.18 Å². The van der Waals surface area contributed by atoms with Crippen LogP contribution in [0, 0.1) is 17.3 Å². The van der Waals surface area contributed by atoms with Gasteiger partial charge in [-0.25, -0.2) is 0 Å². The second kappa shape index (κ2) is 6.65. The SMILES string of the molecule is CC1(C)CC(=O)C(C(=O)NC2CCC(Cl)C(C(F)(F)F)C2)C(=O)C1. The monoisotopic (exact) mass is 367 g/mol. The molecule has 2 fully saturated rings. The van der Waals surface area contributed by atoms with Crippen LogP contribution >= 0.6 is 11.6 Å². The van der Waals surface area contributed by atoms with Gasteiger partial charge in [0.2, 0.25) is 5.91 Å². The number of alkyl halides is 4. The summed E-state index contributed by atoms with van der Waals surface area (Å²) in [5.74, 6) is -4.80. The van der Waals surface area contributed by atoms with E-state index in [4.69, 9.17) is 11.6 Å². The number of carbonyl (C=O) groups excluding carboxylic acids is 3. The third-order valence-corrected chi connectivity index (χ3v) is 5.27.